The van der Waals surface area contributed by atoms with Crippen molar-refractivity contribution >= 4 is 30.0 Å². The highest BCUT2D eigenvalue weighted by Gasteiger charge is 2.33. The third-order valence-electron chi connectivity index (χ3n) is 6.95. The number of aliphatic carboxylic acids is 1. The van der Waals surface area contributed by atoms with Crippen LogP contribution >= 0.6 is 0 Å². The summed E-state index contributed by atoms with van der Waals surface area (Å²) in [5.41, 5.74) is -0.654. The molecule has 48 heavy (non-hydrogen) atoms. The largest absolute Gasteiger partial charge is 0.508 e. The molecule has 0 unspecified atom stereocenters. The summed E-state index contributed by atoms with van der Waals surface area (Å²) >= 11 is 0. The Morgan fingerprint density at radius 3 is 2.08 bits per heavy atom. The van der Waals surface area contributed by atoms with Crippen LogP contribution in [0.4, 0.5) is 14.0 Å². The molecule has 0 saturated heterocycles. The Hall–Kier alpha value is -4.92. The molecule has 2 aromatic rings. The molecule has 1 aliphatic rings. The summed E-state index contributed by atoms with van der Waals surface area (Å²) in [6.45, 7) is 9.34. The van der Waals surface area contributed by atoms with E-state index in [1.165, 1.54) is 24.3 Å². The van der Waals surface area contributed by atoms with Crippen molar-refractivity contribution in [2.45, 2.75) is 96.2 Å². The number of rotatable bonds is 6. The van der Waals surface area contributed by atoms with E-state index in [4.69, 9.17) is 9.47 Å². The summed E-state index contributed by atoms with van der Waals surface area (Å²) in [4.78, 5) is 64.4. The molecule has 4 amide bonds. The number of halogens is 1. The molecule has 15 heteroatoms. The zero-order valence-electron chi connectivity index (χ0n) is 27.7. The topological polar surface area (TPSA) is 213 Å². The first kappa shape index (κ1) is 37.5. The molecule has 0 spiro atoms. The van der Waals surface area contributed by atoms with Crippen molar-refractivity contribution in [2.75, 3.05) is 6.54 Å². The van der Waals surface area contributed by atoms with Gasteiger partial charge in [-0.15, -0.1) is 0 Å². The van der Waals surface area contributed by atoms with E-state index in [0.29, 0.717) is 11.1 Å². The van der Waals surface area contributed by atoms with Gasteiger partial charge in [-0.05, 0) is 88.1 Å². The third kappa shape index (κ3) is 11.4. The first-order valence-electron chi connectivity index (χ1n) is 15.3. The number of hydrogen-bond acceptors (Lipinski definition) is 9. The van der Waals surface area contributed by atoms with Crippen LogP contribution in [0, 0.1) is 5.82 Å². The number of aliphatic hydroxyl groups is 1. The van der Waals surface area contributed by atoms with Crippen molar-refractivity contribution in [1.29, 1.82) is 0 Å². The van der Waals surface area contributed by atoms with Crippen LogP contribution in [0.1, 0.15) is 59.1 Å². The Labute approximate surface area is 277 Å². The molecule has 0 radical (unpaired) electrons. The number of carboxylic acids is 1. The van der Waals surface area contributed by atoms with E-state index < -0.39 is 90.6 Å². The normalized spacial score (nSPS) is 19.4. The molecular weight excluding hydrogens is 631 g/mol. The van der Waals surface area contributed by atoms with E-state index in [9.17, 15) is 43.7 Å². The van der Waals surface area contributed by atoms with Gasteiger partial charge in [0.1, 0.15) is 40.9 Å². The average Bonchev–Trinajstić information content (AvgIpc) is 2.94. The molecule has 2 aromatic carbocycles. The molecule has 1 aliphatic heterocycles. The number of amides is 4. The summed E-state index contributed by atoms with van der Waals surface area (Å²) in [6, 6.07) is 3.73. The smallest absolute Gasteiger partial charge is 0.408 e. The van der Waals surface area contributed by atoms with Gasteiger partial charge in [0.15, 0.2) is 0 Å². The summed E-state index contributed by atoms with van der Waals surface area (Å²) in [5.74, 6) is -4.42. The standard InChI is InChI=1S/C33H43FN4O10/c1-32(2,3)47-30(45)35-16-21(39)15-24-28(42)37-25(29(43)44)13-19-11-17(7-9-22(19)34)18-8-10-26(40)20(12-18)14-23(27(41)36-24)38-31(46)48-33(4,5)6/h7-12,21,23-25,39-40H,13-16H2,1-6H3,(H,35,45)(H,36,41)(H,37,42)(H,38,46)(H,43,44)/t21-,23+,24+,25+/m1/s1. The van der Waals surface area contributed by atoms with Crippen LogP contribution in [0.15, 0.2) is 36.4 Å². The Morgan fingerprint density at radius 2 is 1.48 bits per heavy atom. The van der Waals surface area contributed by atoms with E-state index in [2.05, 4.69) is 21.3 Å². The first-order chi connectivity index (χ1) is 22.2. The predicted molar refractivity (Wildman–Crippen MR) is 170 cm³/mol. The van der Waals surface area contributed by atoms with Crippen LogP contribution in [0.25, 0.3) is 11.1 Å². The number of aromatic hydroxyl groups is 1. The number of carboxylic acid groups (broad SMARTS) is 1. The Balaban J connectivity index is 2.05. The predicted octanol–water partition coefficient (Wildman–Crippen LogP) is 2.52. The molecule has 0 aromatic heterocycles. The van der Waals surface area contributed by atoms with E-state index in [0.717, 1.165) is 6.07 Å². The number of aliphatic hydroxyl groups excluding tert-OH is 1. The van der Waals surface area contributed by atoms with E-state index >= 15 is 0 Å². The lowest BCUT2D eigenvalue weighted by Gasteiger charge is -2.27. The van der Waals surface area contributed by atoms with E-state index in [1.54, 1.807) is 47.6 Å². The molecule has 262 valence electrons. The highest BCUT2D eigenvalue weighted by Crippen LogP contribution is 2.29. The quantitative estimate of drug-likeness (QED) is 0.238. The second-order valence-corrected chi connectivity index (χ2v) is 13.5. The van der Waals surface area contributed by atoms with Crippen molar-refractivity contribution < 1.29 is 53.2 Å². The summed E-state index contributed by atoms with van der Waals surface area (Å²) in [5, 5.41) is 40.9. The van der Waals surface area contributed by atoms with Gasteiger partial charge in [0.25, 0.3) is 0 Å². The molecule has 1 heterocycles. The molecule has 0 fully saturated rings. The number of carbonyl (C=O) groups is 5. The minimum Gasteiger partial charge on any atom is -0.508 e. The van der Waals surface area contributed by atoms with Gasteiger partial charge < -0.3 is 46.1 Å². The number of alkyl carbamates (subject to hydrolysis) is 2. The van der Waals surface area contributed by atoms with Gasteiger partial charge in [0.05, 0.1) is 6.10 Å². The Kier molecular flexibility index (Phi) is 12.0. The fourth-order valence-corrected chi connectivity index (χ4v) is 4.79. The molecule has 0 aliphatic carbocycles. The number of benzene rings is 2. The van der Waals surface area contributed by atoms with Crippen molar-refractivity contribution in [1.82, 2.24) is 21.3 Å². The second-order valence-electron chi connectivity index (χ2n) is 13.5. The summed E-state index contributed by atoms with van der Waals surface area (Å²) < 4.78 is 25.4. The number of phenols is 1. The van der Waals surface area contributed by atoms with Crippen LogP contribution in [0.3, 0.4) is 0 Å². The number of carbonyl (C=O) groups excluding carboxylic acids is 4. The van der Waals surface area contributed by atoms with Gasteiger partial charge in [-0.1, -0.05) is 12.1 Å². The third-order valence-corrected chi connectivity index (χ3v) is 6.95. The van der Waals surface area contributed by atoms with Crippen LogP contribution in [-0.4, -0.2) is 87.3 Å². The number of ether oxygens (including phenoxy) is 2. The maximum Gasteiger partial charge on any atom is 0.408 e. The molecule has 14 nitrogen and oxygen atoms in total. The van der Waals surface area contributed by atoms with Crippen LogP contribution in [0.5, 0.6) is 5.75 Å². The molecule has 3 rings (SSSR count). The number of phenolic OH excluding ortho intramolecular Hbond substituents is 1. The maximum absolute atomic E-state index is 14.9. The highest BCUT2D eigenvalue weighted by atomic mass is 19.1. The zero-order valence-corrected chi connectivity index (χ0v) is 27.7. The van der Waals surface area contributed by atoms with Gasteiger partial charge in [-0.2, -0.15) is 0 Å². The lowest BCUT2D eigenvalue weighted by Crippen LogP contribution is -2.57. The van der Waals surface area contributed by atoms with Gasteiger partial charge >= 0.3 is 18.2 Å². The van der Waals surface area contributed by atoms with E-state index in [1.807, 2.05) is 0 Å². The molecule has 4 atom stereocenters. The summed E-state index contributed by atoms with van der Waals surface area (Å²) in [7, 11) is 0. The van der Waals surface area contributed by atoms with Crippen molar-refractivity contribution in [3.05, 3.63) is 53.3 Å². The average molecular weight is 675 g/mol. The zero-order chi connectivity index (χ0) is 36.0. The summed E-state index contributed by atoms with van der Waals surface area (Å²) in [6.07, 6.45) is -4.58. The molecule has 0 saturated carbocycles. The number of fused-ring (bicyclic) bond motifs is 5. The van der Waals surface area contributed by atoms with Gasteiger partial charge in [0, 0.05) is 25.8 Å². The van der Waals surface area contributed by atoms with Gasteiger partial charge in [0.2, 0.25) is 11.8 Å². The monoisotopic (exact) mass is 674 g/mol. The Morgan fingerprint density at radius 1 is 0.896 bits per heavy atom. The minimum atomic E-state index is -1.66. The fourth-order valence-electron chi connectivity index (χ4n) is 4.79. The van der Waals surface area contributed by atoms with Gasteiger partial charge in [-0.25, -0.2) is 18.8 Å². The number of hydrogen-bond donors (Lipinski definition) is 7. The van der Waals surface area contributed by atoms with Crippen molar-refractivity contribution in [3.63, 3.8) is 0 Å². The SMILES string of the molecule is CC(C)(C)OC(=O)NC[C@H](O)C[C@@H]1NC(=O)[C@@H](NC(=O)OC(C)(C)C)Cc2cc(ccc2O)-c2ccc(F)c(c2)C[C@@H](C(=O)O)NC1=O. The maximum atomic E-state index is 14.9. The second kappa shape index (κ2) is 15.3. The van der Waals surface area contributed by atoms with Crippen LogP contribution < -0.4 is 21.3 Å². The highest BCUT2D eigenvalue weighted by molar-refractivity contribution is 5.93. The van der Waals surface area contributed by atoms with Gasteiger partial charge in [-0.3, -0.25) is 9.59 Å². The Bertz CT molecular complexity index is 1540. The molecular formula is C33H43FN4O10. The van der Waals surface area contributed by atoms with Crippen LogP contribution in [0.2, 0.25) is 0 Å². The van der Waals surface area contributed by atoms with Crippen LogP contribution in [-0.2, 0) is 36.7 Å². The van der Waals surface area contributed by atoms with Crippen molar-refractivity contribution in [2.24, 2.45) is 0 Å². The molecule has 7 N–H and O–H groups in total. The first-order valence-corrected chi connectivity index (χ1v) is 15.3. The van der Waals surface area contributed by atoms with E-state index in [-0.39, 0.29) is 23.3 Å². The molecule has 4 bridgehead atoms. The fraction of sp³-hybridized carbons (Fsp3) is 0.485. The number of nitrogens with one attached hydrogen (secondary N) is 4. The lowest BCUT2D eigenvalue weighted by atomic mass is 9.95. The minimum absolute atomic E-state index is 0.0312. The lowest BCUT2D eigenvalue weighted by molar-refractivity contribution is -0.142. The van der Waals surface area contributed by atoms with Crippen molar-refractivity contribution in [3.8, 4) is 16.9 Å².